The quantitative estimate of drug-likeness (QED) is 0.867. The monoisotopic (exact) mass is 234 g/mol. The fraction of sp³-hybridized carbons (Fsp3) is 0.308. The fourth-order valence-electron chi connectivity index (χ4n) is 1.76. The van der Waals surface area contributed by atoms with Gasteiger partial charge in [-0.1, -0.05) is 0 Å². The molecular formula is C13H15FN2O. The van der Waals surface area contributed by atoms with Crippen molar-refractivity contribution in [1.29, 1.82) is 0 Å². The number of halogens is 1. The van der Waals surface area contributed by atoms with E-state index in [0.717, 1.165) is 5.56 Å². The molecule has 1 heterocycles. The lowest BCUT2D eigenvalue weighted by molar-refractivity contribution is 0.198. The summed E-state index contributed by atoms with van der Waals surface area (Å²) < 4.78 is 15.2. The van der Waals surface area contributed by atoms with Crippen LogP contribution in [0.25, 0.3) is 5.69 Å². The molecule has 2 aromatic rings. The highest BCUT2D eigenvalue weighted by molar-refractivity contribution is 5.45. The summed E-state index contributed by atoms with van der Waals surface area (Å²) in [6.45, 7) is 5.24. The zero-order valence-corrected chi connectivity index (χ0v) is 10.1. The number of aliphatic hydroxyl groups is 1. The first-order chi connectivity index (χ1) is 7.99. The minimum absolute atomic E-state index is 0.312. The second-order valence-corrected chi connectivity index (χ2v) is 4.30. The number of hydrogen-bond acceptors (Lipinski definition) is 2. The van der Waals surface area contributed by atoms with Gasteiger partial charge in [0.15, 0.2) is 0 Å². The summed E-state index contributed by atoms with van der Waals surface area (Å²) in [5.41, 5.74) is 2.81. The molecule has 0 saturated carbocycles. The summed E-state index contributed by atoms with van der Waals surface area (Å²) in [4.78, 5) is 0. The molecule has 1 N–H and O–H groups in total. The first kappa shape index (κ1) is 11.8. The molecule has 0 spiro atoms. The van der Waals surface area contributed by atoms with Crippen molar-refractivity contribution in [1.82, 2.24) is 9.78 Å². The Kier molecular flexibility index (Phi) is 2.98. The van der Waals surface area contributed by atoms with E-state index in [1.54, 1.807) is 30.8 Å². The molecule has 2 rings (SSSR count). The van der Waals surface area contributed by atoms with Gasteiger partial charge in [0.25, 0.3) is 0 Å². The third-order valence-electron chi connectivity index (χ3n) is 2.72. The highest BCUT2D eigenvalue weighted by Gasteiger charge is 2.13. The van der Waals surface area contributed by atoms with Gasteiger partial charge in [-0.3, -0.25) is 0 Å². The molecule has 0 fully saturated rings. The van der Waals surface area contributed by atoms with Crippen LogP contribution < -0.4 is 0 Å². The van der Waals surface area contributed by atoms with E-state index < -0.39 is 6.10 Å². The molecule has 4 heteroatoms. The van der Waals surface area contributed by atoms with Gasteiger partial charge in [-0.15, -0.1) is 0 Å². The van der Waals surface area contributed by atoms with Crippen LogP contribution in [0.15, 0.2) is 24.5 Å². The van der Waals surface area contributed by atoms with Gasteiger partial charge in [-0.25, -0.2) is 9.07 Å². The van der Waals surface area contributed by atoms with E-state index in [1.807, 2.05) is 13.1 Å². The highest BCUT2D eigenvalue weighted by atomic mass is 19.1. The van der Waals surface area contributed by atoms with Crippen LogP contribution >= 0.6 is 0 Å². The molecule has 0 radical (unpaired) electrons. The first-order valence-electron chi connectivity index (χ1n) is 5.49. The molecule has 0 aliphatic heterocycles. The van der Waals surface area contributed by atoms with Gasteiger partial charge < -0.3 is 5.11 Å². The summed E-state index contributed by atoms with van der Waals surface area (Å²) in [5, 5.41) is 13.9. The summed E-state index contributed by atoms with van der Waals surface area (Å²) in [6, 6.07) is 3.07. The van der Waals surface area contributed by atoms with Gasteiger partial charge in [0.1, 0.15) is 5.82 Å². The molecule has 0 saturated heterocycles. The van der Waals surface area contributed by atoms with Crippen molar-refractivity contribution in [2.24, 2.45) is 0 Å². The number of aromatic nitrogens is 2. The summed E-state index contributed by atoms with van der Waals surface area (Å²) in [6.07, 6.45) is 2.84. The number of nitrogens with zero attached hydrogens (tertiary/aromatic N) is 2. The van der Waals surface area contributed by atoms with E-state index in [4.69, 9.17) is 0 Å². The van der Waals surface area contributed by atoms with E-state index in [9.17, 15) is 9.50 Å². The minimum Gasteiger partial charge on any atom is -0.389 e. The van der Waals surface area contributed by atoms with Gasteiger partial charge in [-0.2, -0.15) is 5.10 Å². The molecule has 3 nitrogen and oxygen atoms in total. The van der Waals surface area contributed by atoms with Gasteiger partial charge in [-0.05, 0) is 44.0 Å². The number of hydrogen-bond donors (Lipinski definition) is 1. The Hall–Kier alpha value is -1.68. The Labute approximate surface area is 99.5 Å². The SMILES string of the molecule is Cc1cnn(-c2cc(C)c(F)cc2[C@@H](C)O)c1. The molecule has 0 aliphatic rings. The molecule has 0 unspecified atom stereocenters. The second kappa shape index (κ2) is 4.30. The number of aryl methyl sites for hydroxylation is 2. The molecule has 0 bridgehead atoms. The summed E-state index contributed by atoms with van der Waals surface area (Å²) >= 11 is 0. The van der Waals surface area contributed by atoms with Crippen LogP contribution in [0.5, 0.6) is 0 Å². The zero-order chi connectivity index (χ0) is 12.6. The van der Waals surface area contributed by atoms with Crippen LogP contribution in [0.1, 0.15) is 29.7 Å². The van der Waals surface area contributed by atoms with Crippen molar-refractivity contribution < 1.29 is 9.50 Å². The lowest BCUT2D eigenvalue weighted by Gasteiger charge is -2.13. The highest BCUT2D eigenvalue weighted by Crippen LogP contribution is 2.24. The van der Waals surface area contributed by atoms with Crippen LogP contribution in [0, 0.1) is 19.7 Å². The average molecular weight is 234 g/mol. The maximum absolute atomic E-state index is 13.5. The van der Waals surface area contributed by atoms with Crippen LogP contribution in [-0.2, 0) is 0 Å². The van der Waals surface area contributed by atoms with Crippen LogP contribution in [0.4, 0.5) is 4.39 Å². The predicted octanol–water partition coefficient (Wildman–Crippen LogP) is 2.68. The number of benzene rings is 1. The normalized spacial score (nSPS) is 12.8. The van der Waals surface area contributed by atoms with Crippen molar-refractivity contribution in [3.05, 3.63) is 47.0 Å². The molecule has 0 amide bonds. The Bertz CT molecular complexity index is 546. The van der Waals surface area contributed by atoms with Crippen molar-refractivity contribution in [2.75, 3.05) is 0 Å². The number of rotatable bonds is 2. The maximum atomic E-state index is 13.5. The lowest BCUT2D eigenvalue weighted by atomic mass is 10.0. The fourth-order valence-corrected chi connectivity index (χ4v) is 1.76. The third kappa shape index (κ3) is 2.22. The van der Waals surface area contributed by atoms with E-state index in [1.165, 1.54) is 6.07 Å². The minimum atomic E-state index is -0.732. The van der Waals surface area contributed by atoms with Crippen LogP contribution in [0.3, 0.4) is 0 Å². The largest absolute Gasteiger partial charge is 0.389 e. The maximum Gasteiger partial charge on any atom is 0.126 e. The Morgan fingerprint density at radius 1 is 1.35 bits per heavy atom. The average Bonchev–Trinajstić information content (AvgIpc) is 2.68. The molecule has 1 aromatic heterocycles. The third-order valence-corrected chi connectivity index (χ3v) is 2.72. The van der Waals surface area contributed by atoms with Gasteiger partial charge >= 0.3 is 0 Å². The Morgan fingerprint density at radius 2 is 2.06 bits per heavy atom. The molecular weight excluding hydrogens is 219 g/mol. The molecule has 90 valence electrons. The topological polar surface area (TPSA) is 38.0 Å². The standard InChI is InChI=1S/C13H15FN2O/c1-8-6-15-16(7-8)13-4-9(2)12(14)5-11(13)10(3)17/h4-7,10,17H,1-3H3/t10-/m1/s1. The van der Waals surface area contributed by atoms with E-state index in [-0.39, 0.29) is 5.82 Å². The summed E-state index contributed by atoms with van der Waals surface area (Å²) in [5.74, 6) is -0.312. The van der Waals surface area contributed by atoms with E-state index >= 15 is 0 Å². The predicted molar refractivity (Wildman–Crippen MR) is 63.6 cm³/mol. The van der Waals surface area contributed by atoms with Crippen molar-refractivity contribution >= 4 is 0 Å². The second-order valence-electron chi connectivity index (χ2n) is 4.30. The van der Waals surface area contributed by atoms with Gasteiger partial charge in [0.05, 0.1) is 18.0 Å². The van der Waals surface area contributed by atoms with Crippen LogP contribution in [-0.4, -0.2) is 14.9 Å². The van der Waals surface area contributed by atoms with Gasteiger partial charge in [0.2, 0.25) is 0 Å². The Balaban J connectivity index is 2.63. The smallest absolute Gasteiger partial charge is 0.126 e. The molecule has 0 aliphatic carbocycles. The summed E-state index contributed by atoms with van der Waals surface area (Å²) in [7, 11) is 0. The van der Waals surface area contributed by atoms with E-state index in [2.05, 4.69) is 5.10 Å². The first-order valence-corrected chi connectivity index (χ1v) is 5.49. The number of aliphatic hydroxyl groups excluding tert-OH is 1. The van der Waals surface area contributed by atoms with Crippen molar-refractivity contribution in [2.45, 2.75) is 26.9 Å². The molecule has 1 aromatic carbocycles. The van der Waals surface area contributed by atoms with Crippen LogP contribution in [0.2, 0.25) is 0 Å². The van der Waals surface area contributed by atoms with Crippen molar-refractivity contribution in [3.63, 3.8) is 0 Å². The van der Waals surface area contributed by atoms with Crippen molar-refractivity contribution in [3.8, 4) is 5.69 Å². The molecule has 17 heavy (non-hydrogen) atoms. The molecule has 1 atom stereocenters. The zero-order valence-electron chi connectivity index (χ0n) is 10.1. The van der Waals surface area contributed by atoms with Gasteiger partial charge in [0, 0.05) is 11.8 Å². The lowest BCUT2D eigenvalue weighted by Crippen LogP contribution is -2.05. The van der Waals surface area contributed by atoms with E-state index in [0.29, 0.717) is 16.8 Å². The Morgan fingerprint density at radius 3 is 2.59 bits per heavy atom.